The lowest BCUT2D eigenvalue weighted by atomic mass is 10.0. The fourth-order valence-corrected chi connectivity index (χ4v) is 2.20. The molecule has 0 amide bonds. The second-order valence-electron chi connectivity index (χ2n) is 6.88. The van der Waals surface area contributed by atoms with Gasteiger partial charge in [-0.05, 0) is 69.7 Å². The van der Waals surface area contributed by atoms with Crippen LogP contribution in [0.5, 0.6) is 11.5 Å². The van der Waals surface area contributed by atoms with Crippen LogP contribution in [0.15, 0.2) is 24.3 Å². The Balaban J connectivity index is 1.72. The van der Waals surface area contributed by atoms with Crippen molar-refractivity contribution in [2.75, 3.05) is 20.3 Å². The summed E-state index contributed by atoms with van der Waals surface area (Å²) in [5.41, 5.74) is 0.673. The molecular formula is C17H27NO2. The molecule has 0 radical (unpaired) electrons. The van der Waals surface area contributed by atoms with Gasteiger partial charge in [-0.15, -0.1) is 0 Å². The van der Waals surface area contributed by atoms with Gasteiger partial charge < -0.3 is 14.8 Å². The summed E-state index contributed by atoms with van der Waals surface area (Å²) >= 11 is 0. The molecule has 0 atom stereocenters. The molecule has 0 aliphatic heterocycles. The Morgan fingerprint density at radius 1 is 1.10 bits per heavy atom. The van der Waals surface area contributed by atoms with Gasteiger partial charge in [-0.2, -0.15) is 0 Å². The van der Waals surface area contributed by atoms with Crippen LogP contribution in [0.3, 0.4) is 0 Å². The van der Waals surface area contributed by atoms with Crippen LogP contribution in [0.4, 0.5) is 0 Å². The van der Waals surface area contributed by atoms with Crippen molar-refractivity contribution in [3.05, 3.63) is 24.3 Å². The second kappa shape index (κ2) is 6.04. The first-order valence-electron chi connectivity index (χ1n) is 7.44. The fraction of sp³-hybridized carbons (Fsp3) is 0.647. The Morgan fingerprint density at radius 2 is 1.70 bits per heavy atom. The van der Waals surface area contributed by atoms with Gasteiger partial charge in [-0.25, -0.2) is 0 Å². The molecule has 20 heavy (non-hydrogen) atoms. The summed E-state index contributed by atoms with van der Waals surface area (Å²) in [5.74, 6) is 1.79. The number of hydrogen-bond donors (Lipinski definition) is 1. The van der Waals surface area contributed by atoms with Gasteiger partial charge in [-0.1, -0.05) is 0 Å². The van der Waals surface area contributed by atoms with E-state index in [1.807, 2.05) is 24.3 Å². The van der Waals surface area contributed by atoms with Crippen LogP contribution >= 0.6 is 0 Å². The van der Waals surface area contributed by atoms with E-state index in [4.69, 9.17) is 9.47 Å². The number of ether oxygens (including phenoxy) is 2. The molecular weight excluding hydrogens is 250 g/mol. The molecule has 1 fully saturated rings. The maximum absolute atomic E-state index is 5.83. The third kappa shape index (κ3) is 4.71. The van der Waals surface area contributed by atoms with Gasteiger partial charge in [0.1, 0.15) is 11.5 Å². The molecule has 0 spiro atoms. The van der Waals surface area contributed by atoms with E-state index in [1.54, 1.807) is 7.11 Å². The first-order chi connectivity index (χ1) is 9.42. The number of benzene rings is 1. The Morgan fingerprint density at radius 3 is 2.20 bits per heavy atom. The first kappa shape index (κ1) is 15.2. The van der Waals surface area contributed by atoms with Crippen molar-refractivity contribution in [3.63, 3.8) is 0 Å². The molecule has 3 nitrogen and oxygen atoms in total. The number of rotatable bonds is 7. The zero-order valence-electron chi connectivity index (χ0n) is 13.2. The van der Waals surface area contributed by atoms with Crippen molar-refractivity contribution in [1.82, 2.24) is 5.32 Å². The normalized spacial score (nSPS) is 16.8. The minimum absolute atomic E-state index is 0.201. The van der Waals surface area contributed by atoms with E-state index in [0.29, 0.717) is 5.41 Å². The summed E-state index contributed by atoms with van der Waals surface area (Å²) in [6.45, 7) is 8.55. The smallest absolute Gasteiger partial charge is 0.119 e. The maximum atomic E-state index is 5.83. The van der Waals surface area contributed by atoms with E-state index in [-0.39, 0.29) is 5.54 Å². The number of hydrogen-bond acceptors (Lipinski definition) is 3. The molecule has 0 heterocycles. The zero-order valence-corrected chi connectivity index (χ0v) is 13.2. The van der Waals surface area contributed by atoms with Crippen LogP contribution in [-0.2, 0) is 0 Å². The van der Waals surface area contributed by atoms with Crippen LogP contribution < -0.4 is 14.8 Å². The minimum atomic E-state index is 0.201. The molecule has 1 aromatic rings. The molecule has 1 N–H and O–H groups in total. The number of nitrogens with one attached hydrogen (secondary N) is 1. The second-order valence-corrected chi connectivity index (χ2v) is 6.88. The standard InChI is InChI=1S/C17H27NO2/c1-16(2,3)18-13-17(9-10-17)11-12-20-15-7-5-14(19-4)6-8-15/h5-8,18H,9-13H2,1-4H3. The lowest BCUT2D eigenvalue weighted by molar-refractivity contribution is 0.253. The SMILES string of the molecule is COc1ccc(OCCC2(CNC(C)(C)C)CC2)cc1. The van der Waals surface area contributed by atoms with Crippen molar-refractivity contribution >= 4 is 0 Å². The molecule has 1 saturated carbocycles. The molecule has 0 bridgehead atoms. The predicted molar refractivity (Wildman–Crippen MR) is 82.5 cm³/mol. The largest absolute Gasteiger partial charge is 0.497 e. The van der Waals surface area contributed by atoms with Crippen LogP contribution in [0, 0.1) is 5.41 Å². The van der Waals surface area contributed by atoms with Crippen LogP contribution in [0.25, 0.3) is 0 Å². The van der Waals surface area contributed by atoms with Gasteiger partial charge >= 0.3 is 0 Å². The van der Waals surface area contributed by atoms with Crippen molar-refractivity contribution in [3.8, 4) is 11.5 Å². The van der Waals surface area contributed by atoms with Gasteiger partial charge in [0.05, 0.1) is 13.7 Å². The highest BCUT2D eigenvalue weighted by molar-refractivity contribution is 5.31. The molecule has 3 heteroatoms. The average molecular weight is 277 g/mol. The predicted octanol–water partition coefficient (Wildman–Crippen LogP) is 3.63. The van der Waals surface area contributed by atoms with Gasteiger partial charge in [0, 0.05) is 12.1 Å². The summed E-state index contributed by atoms with van der Waals surface area (Å²) in [4.78, 5) is 0. The first-order valence-corrected chi connectivity index (χ1v) is 7.44. The highest BCUT2D eigenvalue weighted by Crippen LogP contribution is 2.48. The van der Waals surface area contributed by atoms with Crippen molar-refractivity contribution < 1.29 is 9.47 Å². The highest BCUT2D eigenvalue weighted by atomic mass is 16.5. The Kier molecular flexibility index (Phi) is 4.59. The van der Waals surface area contributed by atoms with Crippen molar-refractivity contribution in [2.24, 2.45) is 5.41 Å². The summed E-state index contributed by atoms with van der Waals surface area (Å²) in [6.07, 6.45) is 3.77. The lowest BCUT2D eigenvalue weighted by Crippen LogP contribution is -2.40. The Bertz CT molecular complexity index is 416. The summed E-state index contributed by atoms with van der Waals surface area (Å²) < 4.78 is 11.0. The van der Waals surface area contributed by atoms with Gasteiger partial charge in [0.25, 0.3) is 0 Å². The van der Waals surface area contributed by atoms with E-state index >= 15 is 0 Å². The lowest BCUT2D eigenvalue weighted by Gasteiger charge is -2.25. The molecule has 1 aromatic carbocycles. The Hall–Kier alpha value is -1.22. The van der Waals surface area contributed by atoms with Gasteiger partial charge in [0.15, 0.2) is 0 Å². The summed E-state index contributed by atoms with van der Waals surface area (Å²) in [6, 6.07) is 7.80. The summed E-state index contributed by atoms with van der Waals surface area (Å²) in [5, 5.41) is 3.62. The number of methoxy groups -OCH3 is 1. The molecule has 0 aromatic heterocycles. The minimum Gasteiger partial charge on any atom is -0.497 e. The topological polar surface area (TPSA) is 30.5 Å². The zero-order chi connectivity index (χ0) is 14.6. The molecule has 1 aliphatic carbocycles. The third-order valence-electron chi connectivity index (χ3n) is 3.91. The van der Waals surface area contributed by atoms with Crippen LogP contribution in [0.2, 0.25) is 0 Å². The van der Waals surface area contributed by atoms with E-state index in [0.717, 1.165) is 31.1 Å². The van der Waals surface area contributed by atoms with Crippen LogP contribution in [0.1, 0.15) is 40.0 Å². The quantitative estimate of drug-likeness (QED) is 0.825. The summed E-state index contributed by atoms with van der Waals surface area (Å²) in [7, 11) is 1.68. The Labute approximate surface area is 122 Å². The van der Waals surface area contributed by atoms with Gasteiger partial charge in [0.2, 0.25) is 0 Å². The molecule has 0 unspecified atom stereocenters. The monoisotopic (exact) mass is 277 g/mol. The van der Waals surface area contributed by atoms with Crippen LogP contribution in [-0.4, -0.2) is 25.8 Å². The van der Waals surface area contributed by atoms with Crippen molar-refractivity contribution in [1.29, 1.82) is 0 Å². The van der Waals surface area contributed by atoms with Gasteiger partial charge in [-0.3, -0.25) is 0 Å². The average Bonchev–Trinajstić information content (AvgIpc) is 3.17. The van der Waals surface area contributed by atoms with E-state index in [1.165, 1.54) is 12.8 Å². The van der Waals surface area contributed by atoms with E-state index < -0.39 is 0 Å². The molecule has 112 valence electrons. The van der Waals surface area contributed by atoms with E-state index in [2.05, 4.69) is 26.1 Å². The maximum Gasteiger partial charge on any atom is 0.119 e. The fourth-order valence-electron chi connectivity index (χ4n) is 2.20. The molecule has 2 rings (SSSR count). The third-order valence-corrected chi connectivity index (χ3v) is 3.91. The highest BCUT2D eigenvalue weighted by Gasteiger charge is 2.42. The molecule has 1 aliphatic rings. The van der Waals surface area contributed by atoms with E-state index in [9.17, 15) is 0 Å². The molecule has 0 saturated heterocycles. The van der Waals surface area contributed by atoms with Crippen molar-refractivity contribution in [2.45, 2.75) is 45.6 Å².